The number of methoxy groups -OCH3 is 1. The van der Waals surface area contributed by atoms with Crippen LogP contribution in [0, 0.1) is 0 Å². The van der Waals surface area contributed by atoms with Gasteiger partial charge in [0.15, 0.2) is 0 Å². The van der Waals surface area contributed by atoms with Crippen molar-refractivity contribution < 1.29 is 17.9 Å². The predicted octanol–water partition coefficient (Wildman–Crippen LogP) is 2.38. The lowest BCUT2D eigenvalue weighted by Crippen LogP contribution is -2.51. The summed E-state index contributed by atoms with van der Waals surface area (Å²) in [6, 6.07) is 10.7. The molecule has 0 saturated carbocycles. The zero-order chi connectivity index (χ0) is 21.0. The van der Waals surface area contributed by atoms with Gasteiger partial charge in [0.1, 0.15) is 9.96 Å². The molecule has 1 aromatic heterocycles. The van der Waals surface area contributed by atoms with Gasteiger partial charge in [-0.15, -0.1) is 11.3 Å². The van der Waals surface area contributed by atoms with E-state index in [1.165, 1.54) is 10.4 Å². The number of ether oxygens (including phenoxy) is 1. The third kappa shape index (κ3) is 5.49. The summed E-state index contributed by atoms with van der Waals surface area (Å²) in [5.74, 6) is 0.752. The smallest absolute Gasteiger partial charge is 0.252 e. The molecule has 2 aromatic rings. The summed E-state index contributed by atoms with van der Waals surface area (Å²) in [4.78, 5) is 16.2. The van der Waals surface area contributed by atoms with Gasteiger partial charge < -0.3 is 9.64 Å². The monoisotopic (exact) mass is 457 g/mol. The second kappa shape index (κ2) is 9.44. The Labute approximate surface area is 180 Å². The lowest BCUT2D eigenvalue weighted by atomic mass is 10.2. The summed E-state index contributed by atoms with van der Waals surface area (Å²) in [5, 5.41) is 0. The molecule has 158 valence electrons. The molecule has 1 saturated heterocycles. The van der Waals surface area contributed by atoms with Crippen LogP contribution in [0.5, 0.6) is 5.75 Å². The van der Waals surface area contributed by atoms with Gasteiger partial charge in [-0.3, -0.25) is 9.69 Å². The fourth-order valence-corrected chi connectivity index (χ4v) is 6.20. The van der Waals surface area contributed by atoms with Crippen LogP contribution in [0.2, 0.25) is 4.34 Å². The van der Waals surface area contributed by atoms with E-state index in [-0.39, 0.29) is 16.7 Å². The van der Waals surface area contributed by atoms with E-state index in [2.05, 4.69) is 0 Å². The normalized spacial score (nSPS) is 16.0. The fourth-order valence-electron chi connectivity index (χ4n) is 3.14. The molecule has 3 rings (SSSR count). The molecule has 0 atom stereocenters. The van der Waals surface area contributed by atoms with Crippen LogP contribution in [0.3, 0.4) is 0 Å². The quantitative estimate of drug-likeness (QED) is 0.638. The maximum atomic E-state index is 12.7. The summed E-state index contributed by atoms with van der Waals surface area (Å²) in [6.45, 7) is 2.48. The Hall–Kier alpha value is -1.65. The number of sulfonamides is 1. The molecule has 0 bridgehead atoms. The van der Waals surface area contributed by atoms with Crippen molar-refractivity contribution >= 4 is 38.9 Å². The van der Waals surface area contributed by atoms with Crippen molar-refractivity contribution in [2.24, 2.45) is 0 Å². The number of carbonyl (C=O) groups is 1. The fraction of sp³-hybridized carbons (Fsp3) is 0.421. The summed E-state index contributed by atoms with van der Waals surface area (Å²) in [5.41, 5.74) is 0.991. The zero-order valence-electron chi connectivity index (χ0n) is 16.4. The Bertz CT molecular complexity index is 956. The average molecular weight is 458 g/mol. The zero-order valence-corrected chi connectivity index (χ0v) is 18.8. The van der Waals surface area contributed by atoms with E-state index in [1.807, 2.05) is 29.2 Å². The van der Waals surface area contributed by atoms with Crippen LogP contribution in [-0.4, -0.2) is 75.3 Å². The number of hydrogen-bond acceptors (Lipinski definition) is 6. The Balaban J connectivity index is 1.51. The molecule has 1 aliphatic rings. The summed E-state index contributed by atoms with van der Waals surface area (Å²) >= 11 is 6.93. The number of nitrogens with zero attached hydrogens (tertiary/aromatic N) is 3. The van der Waals surface area contributed by atoms with E-state index in [0.717, 1.165) is 22.6 Å². The molecule has 7 nitrogen and oxygen atoms in total. The minimum Gasteiger partial charge on any atom is -0.497 e. The minimum atomic E-state index is -3.52. The first-order valence-corrected chi connectivity index (χ1v) is 11.8. The van der Waals surface area contributed by atoms with Gasteiger partial charge in [0, 0.05) is 39.8 Å². The summed E-state index contributed by atoms with van der Waals surface area (Å²) in [7, 11) is -0.144. The standard InChI is InChI=1S/C19H24ClN3O4S2/c1-21(13-15-4-3-5-16(12-15)27-2)18(24)14-22-8-10-23(11-9-22)29(25,26)19-7-6-17(20)28-19/h3-7,12H,8-11,13-14H2,1-2H3. The molecule has 1 aromatic carbocycles. The molecule has 10 heteroatoms. The van der Waals surface area contributed by atoms with E-state index in [9.17, 15) is 13.2 Å². The van der Waals surface area contributed by atoms with Gasteiger partial charge in [0.05, 0.1) is 18.0 Å². The van der Waals surface area contributed by atoms with Gasteiger partial charge >= 0.3 is 0 Å². The van der Waals surface area contributed by atoms with Gasteiger partial charge in [-0.05, 0) is 29.8 Å². The molecule has 0 spiro atoms. The van der Waals surface area contributed by atoms with Crippen LogP contribution in [0.15, 0.2) is 40.6 Å². The minimum absolute atomic E-state index is 0.00540. The number of rotatable bonds is 7. The second-order valence-corrected chi connectivity index (χ2v) is 10.7. The Kier molecular flexibility index (Phi) is 7.18. The van der Waals surface area contributed by atoms with Gasteiger partial charge in [-0.2, -0.15) is 4.31 Å². The number of amides is 1. The van der Waals surface area contributed by atoms with Crippen molar-refractivity contribution in [3.05, 3.63) is 46.3 Å². The van der Waals surface area contributed by atoms with Crippen molar-refractivity contribution in [2.45, 2.75) is 10.8 Å². The highest BCUT2D eigenvalue weighted by molar-refractivity contribution is 7.91. The van der Waals surface area contributed by atoms with E-state index in [0.29, 0.717) is 37.1 Å². The maximum absolute atomic E-state index is 12.7. The van der Waals surface area contributed by atoms with Gasteiger partial charge in [0.25, 0.3) is 10.0 Å². The lowest BCUT2D eigenvalue weighted by Gasteiger charge is -2.34. The van der Waals surface area contributed by atoms with Crippen molar-refractivity contribution in [3.63, 3.8) is 0 Å². The molecule has 0 aliphatic carbocycles. The van der Waals surface area contributed by atoms with Gasteiger partial charge in [-0.1, -0.05) is 23.7 Å². The van der Waals surface area contributed by atoms with Crippen LogP contribution in [0.1, 0.15) is 5.56 Å². The number of halogens is 1. The Morgan fingerprint density at radius 1 is 1.21 bits per heavy atom. The van der Waals surface area contributed by atoms with E-state index >= 15 is 0 Å². The third-order valence-corrected chi connectivity index (χ3v) is 8.41. The van der Waals surface area contributed by atoms with E-state index < -0.39 is 10.0 Å². The molecule has 0 unspecified atom stereocenters. The van der Waals surface area contributed by atoms with Crippen molar-refractivity contribution in [1.29, 1.82) is 0 Å². The van der Waals surface area contributed by atoms with Crippen LogP contribution in [0.25, 0.3) is 0 Å². The number of benzene rings is 1. The van der Waals surface area contributed by atoms with Crippen LogP contribution >= 0.6 is 22.9 Å². The Morgan fingerprint density at radius 2 is 1.93 bits per heavy atom. The van der Waals surface area contributed by atoms with Crippen LogP contribution in [0.4, 0.5) is 0 Å². The number of likely N-dealkylation sites (N-methyl/N-ethyl adjacent to an activating group) is 1. The molecular formula is C19H24ClN3O4S2. The first-order chi connectivity index (χ1) is 13.8. The molecule has 29 heavy (non-hydrogen) atoms. The van der Waals surface area contributed by atoms with Crippen LogP contribution < -0.4 is 4.74 Å². The van der Waals surface area contributed by atoms with Crippen molar-refractivity contribution in [2.75, 3.05) is 46.9 Å². The summed E-state index contributed by atoms with van der Waals surface area (Å²) < 4.78 is 32.7. The van der Waals surface area contributed by atoms with Gasteiger partial charge in [0.2, 0.25) is 5.91 Å². The van der Waals surface area contributed by atoms with Crippen LogP contribution in [-0.2, 0) is 21.4 Å². The molecular weight excluding hydrogens is 434 g/mol. The topological polar surface area (TPSA) is 70.2 Å². The molecule has 1 amide bonds. The first-order valence-electron chi connectivity index (χ1n) is 9.14. The van der Waals surface area contributed by atoms with Gasteiger partial charge in [-0.25, -0.2) is 8.42 Å². The number of carbonyl (C=O) groups excluding carboxylic acids is 1. The maximum Gasteiger partial charge on any atom is 0.252 e. The highest BCUT2D eigenvalue weighted by Crippen LogP contribution is 2.28. The molecule has 1 fully saturated rings. The van der Waals surface area contributed by atoms with Crippen molar-refractivity contribution in [1.82, 2.24) is 14.1 Å². The van der Waals surface area contributed by atoms with Crippen molar-refractivity contribution in [3.8, 4) is 5.75 Å². The van der Waals surface area contributed by atoms with E-state index in [4.69, 9.17) is 16.3 Å². The summed E-state index contributed by atoms with van der Waals surface area (Å²) in [6.07, 6.45) is 0. The molecule has 0 radical (unpaired) electrons. The average Bonchev–Trinajstić information content (AvgIpc) is 3.15. The van der Waals surface area contributed by atoms with E-state index in [1.54, 1.807) is 25.1 Å². The number of piperazine rings is 1. The molecule has 0 N–H and O–H groups in total. The lowest BCUT2D eigenvalue weighted by molar-refractivity contribution is -0.131. The largest absolute Gasteiger partial charge is 0.497 e. The molecule has 1 aliphatic heterocycles. The first kappa shape index (κ1) is 22.0. The molecule has 2 heterocycles. The third-order valence-electron chi connectivity index (χ3n) is 4.81. The second-order valence-electron chi connectivity index (χ2n) is 6.84. The highest BCUT2D eigenvalue weighted by atomic mass is 35.5. The Morgan fingerprint density at radius 3 is 2.55 bits per heavy atom. The predicted molar refractivity (Wildman–Crippen MR) is 114 cm³/mol. The number of thiophene rings is 1. The SMILES string of the molecule is COc1cccc(CN(C)C(=O)CN2CCN(S(=O)(=O)c3ccc(Cl)s3)CC2)c1. The number of hydrogen-bond donors (Lipinski definition) is 0. The highest BCUT2D eigenvalue weighted by Gasteiger charge is 2.30.